The first kappa shape index (κ1) is 16.4. The standard InChI is InChI=1S/C19H14F2N4S/c1-12-9-25(11-22-12)18-6-5-13(7-16(18)21)17-10-26-19(24-17)23-15-4-2-3-14(20)8-15/h2-11H,1H3,(H,23,24). The molecule has 2 aromatic carbocycles. The van der Waals surface area contributed by atoms with Crippen molar-refractivity contribution in [1.29, 1.82) is 0 Å². The van der Waals surface area contributed by atoms with E-state index in [4.69, 9.17) is 0 Å². The van der Waals surface area contributed by atoms with Crippen LogP contribution < -0.4 is 5.32 Å². The van der Waals surface area contributed by atoms with Gasteiger partial charge >= 0.3 is 0 Å². The van der Waals surface area contributed by atoms with Crippen molar-refractivity contribution in [2.75, 3.05) is 5.32 Å². The summed E-state index contributed by atoms with van der Waals surface area (Å²) in [5, 5.41) is 5.49. The number of thiazole rings is 1. The van der Waals surface area contributed by atoms with Gasteiger partial charge in [-0.3, -0.25) is 0 Å². The Morgan fingerprint density at radius 2 is 2.00 bits per heavy atom. The number of rotatable bonds is 4. The van der Waals surface area contributed by atoms with Gasteiger partial charge in [0.05, 0.1) is 23.4 Å². The fourth-order valence-electron chi connectivity index (χ4n) is 2.58. The van der Waals surface area contributed by atoms with Crippen molar-refractivity contribution in [3.05, 3.63) is 77.7 Å². The van der Waals surface area contributed by atoms with Crippen LogP contribution >= 0.6 is 11.3 Å². The van der Waals surface area contributed by atoms with Gasteiger partial charge in [0.1, 0.15) is 11.6 Å². The van der Waals surface area contributed by atoms with Crippen molar-refractivity contribution in [1.82, 2.24) is 14.5 Å². The molecule has 0 radical (unpaired) electrons. The molecule has 0 aliphatic rings. The molecule has 7 heteroatoms. The molecule has 4 aromatic rings. The molecule has 2 aromatic heterocycles. The summed E-state index contributed by atoms with van der Waals surface area (Å²) in [4.78, 5) is 8.57. The highest BCUT2D eigenvalue weighted by molar-refractivity contribution is 7.14. The fraction of sp³-hybridized carbons (Fsp3) is 0.0526. The molecule has 0 spiro atoms. The number of nitrogens with zero attached hydrogens (tertiary/aromatic N) is 3. The van der Waals surface area contributed by atoms with Crippen molar-refractivity contribution in [2.24, 2.45) is 0 Å². The minimum Gasteiger partial charge on any atom is -0.331 e. The van der Waals surface area contributed by atoms with Crippen LogP contribution in [-0.4, -0.2) is 14.5 Å². The molecule has 0 bridgehead atoms. The maximum Gasteiger partial charge on any atom is 0.187 e. The van der Waals surface area contributed by atoms with E-state index in [-0.39, 0.29) is 11.6 Å². The quantitative estimate of drug-likeness (QED) is 0.530. The predicted octanol–water partition coefficient (Wildman–Crippen LogP) is 5.33. The van der Waals surface area contributed by atoms with E-state index < -0.39 is 0 Å². The van der Waals surface area contributed by atoms with Crippen LogP contribution in [0.25, 0.3) is 16.9 Å². The molecule has 2 heterocycles. The summed E-state index contributed by atoms with van der Waals surface area (Å²) in [6.07, 6.45) is 3.35. The number of imidazole rings is 1. The van der Waals surface area contributed by atoms with Crippen molar-refractivity contribution in [3.8, 4) is 16.9 Å². The van der Waals surface area contributed by atoms with Crippen molar-refractivity contribution >= 4 is 22.2 Å². The molecule has 0 saturated carbocycles. The van der Waals surface area contributed by atoms with E-state index in [1.54, 1.807) is 35.3 Å². The summed E-state index contributed by atoms with van der Waals surface area (Å²) < 4.78 is 29.4. The molecule has 4 rings (SSSR count). The summed E-state index contributed by atoms with van der Waals surface area (Å²) in [6, 6.07) is 11.1. The Hall–Kier alpha value is -3.06. The van der Waals surface area contributed by atoms with Gasteiger partial charge in [-0.1, -0.05) is 12.1 Å². The van der Waals surface area contributed by atoms with Gasteiger partial charge in [0.25, 0.3) is 0 Å². The van der Waals surface area contributed by atoms with Crippen LogP contribution in [0, 0.1) is 18.6 Å². The molecule has 0 unspecified atom stereocenters. The second-order valence-electron chi connectivity index (χ2n) is 5.76. The SMILES string of the molecule is Cc1cn(-c2ccc(-c3csc(Nc4cccc(F)c4)n3)cc2F)cn1. The third-order valence-corrected chi connectivity index (χ3v) is 4.57. The summed E-state index contributed by atoms with van der Waals surface area (Å²) >= 11 is 1.37. The average Bonchev–Trinajstić information content (AvgIpc) is 3.24. The first-order valence-corrected chi connectivity index (χ1v) is 8.75. The number of aromatic nitrogens is 3. The summed E-state index contributed by atoms with van der Waals surface area (Å²) in [5.74, 6) is -0.674. The van der Waals surface area contributed by atoms with Crippen LogP contribution in [-0.2, 0) is 0 Å². The number of halogens is 2. The molecule has 130 valence electrons. The summed E-state index contributed by atoms with van der Waals surface area (Å²) in [5.41, 5.74) is 3.19. The van der Waals surface area contributed by atoms with Crippen molar-refractivity contribution in [3.63, 3.8) is 0 Å². The second kappa shape index (κ2) is 6.68. The normalized spacial score (nSPS) is 10.9. The maximum absolute atomic E-state index is 14.5. The molecule has 0 aliphatic carbocycles. The monoisotopic (exact) mass is 368 g/mol. The predicted molar refractivity (Wildman–Crippen MR) is 99.0 cm³/mol. The highest BCUT2D eigenvalue weighted by atomic mass is 32.1. The lowest BCUT2D eigenvalue weighted by Crippen LogP contribution is -1.95. The van der Waals surface area contributed by atoms with Crippen LogP contribution in [0.4, 0.5) is 19.6 Å². The second-order valence-corrected chi connectivity index (χ2v) is 6.62. The fourth-order valence-corrected chi connectivity index (χ4v) is 3.32. The Bertz CT molecular complexity index is 1070. The number of hydrogen-bond donors (Lipinski definition) is 1. The third-order valence-electron chi connectivity index (χ3n) is 3.81. The Balaban J connectivity index is 1.58. The van der Waals surface area contributed by atoms with Gasteiger partial charge in [-0.15, -0.1) is 11.3 Å². The maximum atomic E-state index is 14.5. The lowest BCUT2D eigenvalue weighted by molar-refractivity contribution is 0.618. The first-order valence-electron chi connectivity index (χ1n) is 7.87. The van der Waals surface area contributed by atoms with Gasteiger partial charge in [0.15, 0.2) is 5.13 Å². The van der Waals surface area contributed by atoms with Crippen LogP contribution in [0.2, 0.25) is 0 Å². The molecule has 26 heavy (non-hydrogen) atoms. The smallest absolute Gasteiger partial charge is 0.187 e. The third kappa shape index (κ3) is 3.34. The number of benzene rings is 2. The largest absolute Gasteiger partial charge is 0.331 e. The summed E-state index contributed by atoms with van der Waals surface area (Å²) in [7, 11) is 0. The number of aryl methyl sites for hydroxylation is 1. The zero-order valence-corrected chi connectivity index (χ0v) is 14.6. The van der Waals surface area contributed by atoms with E-state index in [1.807, 2.05) is 18.4 Å². The molecule has 0 aliphatic heterocycles. The van der Waals surface area contributed by atoms with E-state index in [9.17, 15) is 8.78 Å². The van der Waals surface area contributed by atoms with Crippen LogP contribution in [0.15, 0.2) is 60.4 Å². The Kier molecular flexibility index (Phi) is 4.22. The number of hydrogen-bond acceptors (Lipinski definition) is 4. The minimum absolute atomic E-state index is 0.320. The van der Waals surface area contributed by atoms with Gasteiger partial charge in [-0.2, -0.15) is 0 Å². The van der Waals surface area contributed by atoms with Gasteiger partial charge in [0, 0.05) is 22.8 Å². The van der Waals surface area contributed by atoms with Gasteiger partial charge < -0.3 is 9.88 Å². The van der Waals surface area contributed by atoms with Crippen molar-refractivity contribution < 1.29 is 8.78 Å². The van der Waals surface area contributed by atoms with E-state index in [0.29, 0.717) is 27.8 Å². The molecular formula is C19H14F2N4S. The Labute approximate surface area is 152 Å². The van der Waals surface area contributed by atoms with E-state index in [1.165, 1.54) is 29.5 Å². The number of anilines is 2. The van der Waals surface area contributed by atoms with Gasteiger partial charge in [-0.05, 0) is 37.3 Å². The summed E-state index contributed by atoms with van der Waals surface area (Å²) in [6.45, 7) is 1.85. The zero-order valence-electron chi connectivity index (χ0n) is 13.8. The molecule has 0 fully saturated rings. The van der Waals surface area contributed by atoms with Crippen LogP contribution in [0.1, 0.15) is 5.69 Å². The van der Waals surface area contributed by atoms with Gasteiger partial charge in [0.2, 0.25) is 0 Å². The Morgan fingerprint density at radius 1 is 1.12 bits per heavy atom. The van der Waals surface area contributed by atoms with Crippen LogP contribution in [0.5, 0.6) is 0 Å². The zero-order chi connectivity index (χ0) is 18.1. The van der Waals surface area contributed by atoms with Crippen LogP contribution in [0.3, 0.4) is 0 Å². The lowest BCUT2D eigenvalue weighted by Gasteiger charge is -2.05. The minimum atomic E-state index is -0.354. The number of nitrogens with one attached hydrogen (secondary N) is 1. The van der Waals surface area contributed by atoms with E-state index >= 15 is 0 Å². The topological polar surface area (TPSA) is 42.7 Å². The molecule has 1 N–H and O–H groups in total. The molecular weight excluding hydrogens is 354 g/mol. The van der Waals surface area contributed by atoms with Gasteiger partial charge in [-0.25, -0.2) is 18.7 Å². The molecule has 0 atom stereocenters. The first-order chi connectivity index (χ1) is 12.6. The van der Waals surface area contributed by atoms with Crippen molar-refractivity contribution in [2.45, 2.75) is 6.92 Å². The average molecular weight is 368 g/mol. The van der Waals surface area contributed by atoms with E-state index in [2.05, 4.69) is 15.3 Å². The highest BCUT2D eigenvalue weighted by Gasteiger charge is 2.10. The molecule has 0 amide bonds. The highest BCUT2D eigenvalue weighted by Crippen LogP contribution is 2.29. The molecule has 0 saturated heterocycles. The molecule has 4 nitrogen and oxygen atoms in total. The Morgan fingerprint density at radius 3 is 2.73 bits per heavy atom. The van der Waals surface area contributed by atoms with E-state index in [0.717, 1.165) is 5.69 Å². The lowest BCUT2D eigenvalue weighted by atomic mass is 10.1.